The fraction of sp³-hybridized carbons (Fsp3) is 0.333. The molecule has 0 saturated heterocycles. The average molecular weight is 422 g/mol. The molecule has 1 amide bonds. The van der Waals surface area contributed by atoms with Crippen LogP contribution in [0.15, 0.2) is 36.4 Å². The Morgan fingerprint density at radius 1 is 1.10 bits per heavy atom. The third-order valence-electron chi connectivity index (χ3n) is 4.05. The Bertz CT molecular complexity index is 870. The average Bonchev–Trinajstić information content (AvgIpc) is 2.73. The van der Waals surface area contributed by atoms with Crippen LogP contribution in [-0.2, 0) is 16.1 Å². The molecule has 2 aromatic carbocycles. The van der Waals surface area contributed by atoms with Crippen molar-refractivity contribution < 1.29 is 28.5 Å². The minimum Gasteiger partial charge on any atom is -0.496 e. The number of halogens is 1. The number of hydrogen-bond acceptors (Lipinski definition) is 6. The molecule has 0 aliphatic rings. The van der Waals surface area contributed by atoms with E-state index >= 15 is 0 Å². The van der Waals surface area contributed by atoms with Crippen molar-refractivity contribution in [3.05, 3.63) is 52.5 Å². The molecule has 0 radical (unpaired) electrons. The van der Waals surface area contributed by atoms with E-state index in [4.69, 9.17) is 30.5 Å². The van der Waals surface area contributed by atoms with Gasteiger partial charge in [-0.05, 0) is 32.0 Å². The minimum absolute atomic E-state index is 0.152. The molecule has 1 atom stereocenters. The summed E-state index contributed by atoms with van der Waals surface area (Å²) in [4.78, 5) is 24.8. The van der Waals surface area contributed by atoms with Crippen LogP contribution >= 0.6 is 11.6 Å². The van der Waals surface area contributed by atoms with Crippen LogP contribution in [0.5, 0.6) is 17.2 Å². The molecule has 2 rings (SSSR count). The van der Waals surface area contributed by atoms with Crippen LogP contribution in [0.2, 0.25) is 5.02 Å². The molecule has 0 saturated carbocycles. The highest BCUT2D eigenvalue weighted by molar-refractivity contribution is 6.32. The third-order valence-corrected chi connectivity index (χ3v) is 4.33. The minimum atomic E-state index is -1.01. The molecule has 7 nitrogen and oxygen atoms in total. The number of esters is 1. The summed E-state index contributed by atoms with van der Waals surface area (Å²) in [5.41, 5.74) is 0.963. The predicted molar refractivity (Wildman–Crippen MR) is 109 cm³/mol. The molecular weight excluding hydrogens is 398 g/mol. The summed E-state index contributed by atoms with van der Waals surface area (Å²) in [7, 11) is 3.00. The fourth-order valence-corrected chi connectivity index (χ4v) is 2.84. The van der Waals surface area contributed by atoms with Crippen molar-refractivity contribution in [2.75, 3.05) is 20.8 Å². The number of hydrogen-bond donors (Lipinski definition) is 1. The van der Waals surface area contributed by atoms with Gasteiger partial charge in [-0.15, -0.1) is 0 Å². The molecule has 8 heteroatoms. The summed E-state index contributed by atoms with van der Waals surface area (Å²) < 4.78 is 21.2. The van der Waals surface area contributed by atoms with Crippen molar-refractivity contribution in [2.24, 2.45) is 0 Å². The maximum atomic E-state index is 12.4. The lowest BCUT2D eigenvalue weighted by atomic mass is 10.2. The van der Waals surface area contributed by atoms with Crippen molar-refractivity contribution in [1.29, 1.82) is 0 Å². The Hall–Kier alpha value is -2.93. The first-order valence-electron chi connectivity index (χ1n) is 9.02. The number of rotatable bonds is 9. The summed E-state index contributed by atoms with van der Waals surface area (Å²) in [6.45, 7) is 3.93. The quantitative estimate of drug-likeness (QED) is 0.623. The van der Waals surface area contributed by atoms with Crippen LogP contribution in [-0.4, -0.2) is 38.8 Å². The number of para-hydroxylation sites is 1. The molecule has 0 fully saturated rings. The van der Waals surface area contributed by atoms with E-state index < -0.39 is 18.0 Å². The van der Waals surface area contributed by atoms with Crippen molar-refractivity contribution >= 4 is 23.5 Å². The summed E-state index contributed by atoms with van der Waals surface area (Å²) in [5, 5.41) is 2.94. The summed E-state index contributed by atoms with van der Waals surface area (Å²) >= 11 is 6.18. The Kier molecular flexibility index (Phi) is 8.15. The van der Waals surface area contributed by atoms with E-state index in [2.05, 4.69) is 5.32 Å². The van der Waals surface area contributed by atoms with Gasteiger partial charge in [0, 0.05) is 12.1 Å². The highest BCUT2D eigenvalue weighted by Gasteiger charge is 2.22. The van der Waals surface area contributed by atoms with Gasteiger partial charge in [0.15, 0.2) is 17.6 Å². The molecule has 156 valence electrons. The third kappa shape index (κ3) is 5.77. The molecule has 0 bridgehead atoms. The number of amides is 1. The first-order valence-corrected chi connectivity index (χ1v) is 9.39. The maximum absolute atomic E-state index is 12.4. The lowest BCUT2D eigenvalue weighted by Crippen LogP contribution is -2.35. The molecule has 0 unspecified atom stereocenters. The monoisotopic (exact) mass is 421 g/mol. The zero-order chi connectivity index (χ0) is 21.4. The van der Waals surface area contributed by atoms with Crippen molar-refractivity contribution in [1.82, 2.24) is 5.32 Å². The van der Waals surface area contributed by atoms with E-state index in [9.17, 15) is 9.59 Å². The second kappa shape index (κ2) is 10.6. The van der Waals surface area contributed by atoms with E-state index in [1.165, 1.54) is 26.2 Å². The van der Waals surface area contributed by atoms with Crippen LogP contribution in [0.25, 0.3) is 0 Å². The molecule has 2 aromatic rings. The van der Waals surface area contributed by atoms with Gasteiger partial charge >= 0.3 is 5.97 Å². The highest BCUT2D eigenvalue weighted by atomic mass is 35.5. The largest absolute Gasteiger partial charge is 0.496 e. The molecule has 0 heterocycles. The Balaban J connectivity index is 2.02. The zero-order valence-corrected chi connectivity index (χ0v) is 17.5. The van der Waals surface area contributed by atoms with Gasteiger partial charge in [0.1, 0.15) is 5.75 Å². The molecule has 0 aliphatic heterocycles. The number of benzene rings is 2. The first-order chi connectivity index (χ1) is 13.9. The zero-order valence-electron chi connectivity index (χ0n) is 16.8. The lowest BCUT2D eigenvalue weighted by molar-refractivity contribution is -0.129. The van der Waals surface area contributed by atoms with Crippen LogP contribution < -0.4 is 19.5 Å². The van der Waals surface area contributed by atoms with Crippen LogP contribution in [0, 0.1) is 0 Å². The SMILES string of the molecule is CCOc1c(Cl)cc(C(=O)O[C@@H](C)C(=O)NCc2ccccc2OC)cc1OC. The summed E-state index contributed by atoms with van der Waals surface area (Å²) in [6.07, 6.45) is -1.01. The van der Waals surface area contributed by atoms with Crippen molar-refractivity contribution in [2.45, 2.75) is 26.5 Å². The Labute approximate surface area is 174 Å². The summed E-state index contributed by atoms with van der Waals surface area (Å²) in [6, 6.07) is 10.2. The van der Waals surface area contributed by atoms with Gasteiger partial charge in [0.05, 0.1) is 31.4 Å². The Morgan fingerprint density at radius 2 is 1.79 bits per heavy atom. The maximum Gasteiger partial charge on any atom is 0.339 e. The number of ether oxygens (including phenoxy) is 4. The molecule has 29 heavy (non-hydrogen) atoms. The van der Waals surface area contributed by atoms with Gasteiger partial charge in [-0.1, -0.05) is 29.8 Å². The number of nitrogens with one attached hydrogen (secondary N) is 1. The van der Waals surface area contributed by atoms with Gasteiger partial charge < -0.3 is 24.3 Å². The Morgan fingerprint density at radius 3 is 2.45 bits per heavy atom. The normalized spacial score (nSPS) is 11.3. The number of carbonyl (C=O) groups is 2. The van der Waals surface area contributed by atoms with E-state index in [1.54, 1.807) is 13.2 Å². The van der Waals surface area contributed by atoms with Gasteiger partial charge in [-0.3, -0.25) is 4.79 Å². The topological polar surface area (TPSA) is 83.1 Å². The molecular formula is C21H24ClNO6. The number of carbonyl (C=O) groups excluding carboxylic acids is 2. The predicted octanol–water partition coefficient (Wildman–Crippen LogP) is 3.62. The fourth-order valence-electron chi connectivity index (χ4n) is 2.58. The van der Waals surface area contributed by atoms with Crippen molar-refractivity contribution in [3.63, 3.8) is 0 Å². The van der Waals surface area contributed by atoms with E-state index in [0.29, 0.717) is 23.9 Å². The van der Waals surface area contributed by atoms with Gasteiger partial charge in [-0.25, -0.2) is 4.79 Å². The van der Waals surface area contributed by atoms with E-state index in [0.717, 1.165) is 5.56 Å². The van der Waals surface area contributed by atoms with Crippen molar-refractivity contribution in [3.8, 4) is 17.2 Å². The lowest BCUT2D eigenvalue weighted by Gasteiger charge is -2.16. The molecule has 0 spiro atoms. The second-order valence-electron chi connectivity index (χ2n) is 6.00. The second-order valence-corrected chi connectivity index (χ2v) is 6.41. The first kappa shape index (κ1) is 22.4. The van der Waals surface area contributed by atoms with E-state index in [-0.39, 0.29) is 17.1 Å². The molecule has 0 aromatic heterocycles. The smallest absolute Gasteiger partial charge is 0.339 e. The number of methoxy groups -OCH3 is 2. The van der Waals surface area contributed by atoms with Gasteiger partial charge in [0.2, 0.25) is 0 Å². The van der Waals surface area contributed by atoms with Gasteiger partial charge in [0.25, 0.3) is 5.91 Å². The summed E-state index contributed by atoms with van der Waals surface area (Å²) in [5.74, 6) is 0.172. The highest BCUT2D eigenvalue weighted by Crippen LogP contribution is 2.36. The standard InChI is InChI=1S/C21H24ClNO6/c1-5-28-19-16(22)10-15(11-18(19)27-4)21(25)29-13(2)20(24)23-12-14-8-6-7-9-17(14)26-3/h6-11,13H,5,12H2,1-4H3,(H,23,24)/t13-/m0/s1. The van der Waals surface area contributed by atoms with E-state index in [1.807, 2.05) is 25.1 Å². The van der Waals surface area contributed by atoms with Crippen LogP contribution in [0.4, 0.5) is 0 Å². The van der Waals surface area contributed by atoms with Crippen LogP contribution in [0.3, 0.4) is 0 Å². The van der Waals surface area contributed by atoms with Gasteiger partial charge in [-0.2, -0.15) is 0 Å². The van der Waals surface area contributed by atoms with Crippen LogP contribution in [0.1, 0.15) is 29.8 Å². The molecule has 1 N–H and O–H groups in total. The molecule has 0 aliphatic carbocycles.